The first kappa shape index (κ1) is 14.5. The van der Waals surface area contributed by atoms with Crippen LogP contribution in [0.5, 0.6) is 5.75 Å². The first-order chi connectivity index (χ1) is 11.4. The summed E-state index contributed by atoms with van der Waals surface area (Å²) < 4.78 is 5.92. The highest BCUT2D eigenvalue weighted by atomic mass is 16.5. The molecule has 2 fully saturated rings. The number of ether oxygens (including phenoxy) is 1. The Morgan fingerprint density at radius 1 is 1.09 bits per heavy atom. The van der Waals surface area contributed by atoms with Crippen LogP contribution in [-0.2, 0) is 6.61 Å². The number of hydrogen-bond donors (Lipinski definition) is 1. The molecule has 120 valence electrons. The lowest BCUT2D eigenvalue weighted by Crippen LogP contribution is -2.51. The van der Waals surface area contributed by atoms with Gasteiger partial charge >= 0.3 is 0 Å². The molecule has 0 saturated carbocycles. The van der Waals surface area contributed by atoms with E-state index in [1.165, 1.54) is 17.7 Å². The predicted octanol–water partition coefficient (Wildman–Crippen LogP) is 2.71. The molecule has 2 unspecified atom stereocenters. The molecule has 2 saturated heterocycles. The zero-order valence-electron chi connectivity index (χ0n) is 13.3. The number of rotatable bonds is 4. The van der Waals surface area contributed by atoms with Crippen molar-refractivity contribution in [2.45, 2.75) is 13.0 Å². The Morgan fingerprint density at radius 2 is 1.87 bits per heavy atom. The van der Waals surface area contributed by atoms with E-state index in [2.05, 4.69) is 33.4 Å². The third-order valence-corrected chi connectivity index (χ3v) is 4.80. The zero-order valence-corrected chi connectivity index (χ0v) is 13.3. The van der Waals surface area contributed by atoms with Crippen LogP contribution < -0.4 is 15.0 Å². The summed E-state index contributed by atoms with van der Waals surface area (Å²) in [5.41, 5.74) is 2.36. The molecule has 23 heavy (non-hydrogen) atoms. The number of anilines is 1. The fourth-order valence-corrected chi connectivity index (χ4v) is 3.72. The van der Waals surface area contributed by atoms with Crippen molar-refractivity contribution >= 4 is 5.69 Å². The summed E-state index contributed by atoms with van der Waals surface area (Å²) in [6, 6.07) is 12.4. The Labute approximate surface area is 137 Å². The molecule has 2 aromatic rings. The van der Waals surface area contributed by atoms with Crippen molar-refractivity contribution in [2.75, 3.05) is 31.1 Å². The van der Waals surface area contributed by atoms with Gasteiger partial charge in [0.1, 0.15) is 12.4 Å². The van der Waals surface area contributed by atoms with E-state index in [0.717, 1.165) is 43.8 Å². The number of fused-ring (bicyclic) bond motifs is 2. The number of nitrogens with one attached hydrogen (secondary N) is 1. The van der Waals surface area contributed by atoms with Crippen molar-refractivity contribution in [3.63, 3.8) is 0 Å². The van der Waals surface area contributed by atoms with Crippen molar-refractivity contribution in [1.82, 2.24) is 10.3 Å². The van der Waals surface area contributed by atoms with E-state index in [1.807, 2.05) is 24.4 Å². The monoisotopic (exact) mass is 309 g/mol. The van der Waals surface area contributed by atoms with E-state index in [0.29, 0.717) is 6.61 Å². The van der Waals surface area contributed by atoms with Crippen LogP contribution in [0.15, 0.2) is 48.8 Å². The summed E-state index contributed by atoms with van der Waals surface area (Å²) in [6.45, 7) is 5.11. The predicted molar refractivity (Wildman–Crippen MR) is 91.7 cm³/mol. The maximum Gasteiger partial charge on any atom is 0.140 e. The summed E-state index contributed by atoms with van der Waals surface area (Å²) in [5.74, 6) is 2.37. The molecule has 4 nitrogen and oxygen atoms in total. The number of nitrogens with zero attached hydrogens (tertiary/aromatic N) is 2. The van der Waals surface area contributed by atoms with Crippen molar-refractivity contribution in [3.05, 3.63) is 54.4 Å². The van der Waals surface area contributed by atoms with Crippen molar-refractivity contribution in [3.8, 4) is 5.75 Å². The van der Waals surface area contributed by atoms with Gasteiger partial charge in [0.15, 0.2) is 0 Å². The van der Waals surface area contributed by atoms with Gasteiger partial charge < -0.3 is 15.0 Å². The van der Waals surface area contributed by atoms with Crippen LogP contribution in [0.4, 0.5) is 5.69 Å². The highest BCUT2D eigenvalue weighted by molar-refractivity contribution is 5.48. The molecule has 2 aliphatic rings. The Morgan fingerprint density at radius 3 is 2.65 bits per heavy atom. The average molecular weight is 309 g/mol. The molecular weight excluding hydrogens is 286 g/mol. The first-order valence-electron chi connectivity index (χ1n) is 8.44. The van der Waals surface area contributed by atoms with E-state index in [-0.39, 0.29) is 0 Å². The molecule has 4 heteroatoms. The van der Waals surface area contributed by atoms with Crippen LogP contribution in [0.25, 0.3) is 0 Å². The van der Waals surface area contributed by atoms with E-state index in [9.17, 15) is 0 Å². The Balaban J connectivity index is 1.44. The fourth-order valence-electron chi connectivity index (χ4n) is 3.72. The summed E-state index contributed by atoms with van der Waals surface area (Å²) in [6.07, 6.45) is 5.13. The molecule has 3 heterocycles. The zero-order chi connectivity index (χ0) is 15.5. The SMILES string of the molecule is c1ccc(COc2cncc(N3CC4CNCC(C4)C3)c2)cc1. The molecule has 4 rings (SSSR count). The van der Waals surface area contributed by atoms with Gasteiger partial charge in [0.05, 0.1) is 18.1 Å². The topological polar surface area (TPSA) is 37.4 Å². The second kappa shape index (κ2) is 6.59. The maximum absolute atomic E-state index is 5.92. The number of piperidine rings is 2. The lowest BCUT2D eigenvalue weighted by Gasteiger charge is -2.42. The highest BCUT2D eigenvalue weighted by Crippen LogP contribution is 2.29. The van der Waals surface area contributed by atoms with E-state index in [4.69, 9.17) is 4.74 Å². The molecule has 2 atom stereocenters. The molecule has 2 aliphatic heterocycles. The van der Waals surface area contributed by atoms with Gasteiger partial charge in [-0.15, -0.1) is 0 Å². The van der Waals surface area contributed by atoms with Gasteiger partial charge in [0.2, 0.25) is 0 Å². The lowest BCUT2D eigenvalue weighted by molar-refractivity contribution is 0.249. The molecule has 0 amide bonds. The van der Waals surface area contributed by atoms with Crippen LogP contribution in [0, 0.1) is 11.8 Å². The fraction of sp³-hybridized carbons (Fsp3) is 0.421. The Bertz CT molecular complexity index is 634. The lowest BCUT2D eigenvalue weighted by atomic mass is 9.85. The molecular formula is C19H23N3O. The molecule has 1 N–H and O–H groups in total. The van der Waals surface area contributed by atoms with Gasteiger partial charge in [-0.05, 0) is 36.9 Å². The second-order valence-electron chi connectivity index (χ2n) is 6.68. The second-order valence-corrected chi connectivity index (χ2v) is 6.68. The van der Waals surface area contributed by atoms with E-state index in [1.54, 1.807) is 6.20 Å². The third-order valence-electron chi connectivity index (χ3n) is 4.80. The third kappa shape index (κ3) is 3.48. The van der Waals surface area contributed by atoms with Gasteiger partial charge in [0.25, 0.3) is 0 Å². The molecule has 1 aromatic carbocycles. The van der Waals surface area contributed by atoms with Gasteiger partial charge in [-0.25, -0.2) is 0 Å². The number of pyridine rings is 1. The summed E-state index contributed by atoms with van der Waals surface area (Å²) in [4.78, 5) is 6.86. The molecule has 0 aliphatic carbocycles. The van der Waals surface area contributed by atoms with Gasteiger partial charge in [0, 0.05) is 19.2 Å². The summed E-state index contributed by atoms with van der Waals surface area (Å²) in [7, 11) is 0. The van der Waals surface area contributed by atoms with Gasteiger partial charge in [-0.3, -0.25) is 4.98 Å². The number of hydrogen-bond acceptors (Lipinski definition) is 4. The van der Waals surface area contributed by atoms with Crippen molar-refractivity contribution < 1.29 is 4.74 Å². The molecule has 1 aromatic heterocycles. The average Bonchev–Trinajstić information content (AvgIpc) is 2.61. The Kier molecular flexibility index (Phi) is 4.16. The molecule has 0 spiro atoms. The van der Waals surface area contributed by atoms with Crippen LogP contribution in [-0.4, -0.2) is 31.2 Å². The van der Waals surface area contributed by atoms with E-state index < -0.39 is 0 Å². The number of benzene rings is 1. The highest BCUT2D eigenvalue weighted by Gasteiger charge is 2.30. The minimum absolute atomic E-state index is 0.584. The van der Waals surface area contributed by atoms with Gasteiger partial charge in [-0.2, -0.15) is 0 Å². The molecule has 0 radical (unpaired) electrons. The van der Waals surface area contributed by atoms with Crippen LogP contribution in [0.2, 0.25) is 0 Å². The quantitative estimate of drug-likeness (QED) is 0.942. The maximum atomic E-state index is 5.92. The summed E-state index contributed by atoms with van der Waals surface area (Å²) in [5, 5.41) is 3.54. The van der Waals surface area contributed by atoms with Crippen LogP contribution in [0.3, 0.4) is 0 Å². The van der Waals surface area contributed by atoms with Crippen LogP contribution in [0.1, 0.15) is 12.0 Å². The largest absolute Gasteiger partial charge is 0.487 e. The van der Waals surface area contributed by atoms with Gasteiger partial charge in [-0.1, -0.05) is 30.3 Å². The normalized spacial score (nSPS) is 23.6. The van der Waals surface area contributed by atoms with Crippen molar-refractivity contribution in [2.24, 2.45) is 11.8 Å². The summed E-state index contributed by atoms with van der Waals surface area (Å²) >= 11 is 0. The minimum atomic E-state index is 0.584. The van der Waals surface area contributed by atoms with E-state index >= 15 is 0 Å². The molecule has 2 bridgehead atoms. The standard InChI is InChI=1S/C19H23N3O/c1-2-4-15(5-3-1)14-23-19-7-18(10-21-11-19)22-12-16-6-17(13-22)9-20-8-16/h1-5,7,10-11,16-17,20H,6,8-9,12-14H2. The first-order valence-corrected chi connectivity index (χ1v) is 8.44. The van der Waals surface area contributed by atoms with Crippen molar-refractivity contribution in [1.29, 1.82) is 0 Å². The minimum Gasteiger partial charge on any atom is -0.487 e. The smallest absolute Gasteiger partial charge is 0.140 e. The Hall–Kier alpha value is -2.07. The van der Waals surface area contributed by atoms with Crippen LogP contribution >= 0.6 is 0 Å². The number of aromatic nitrogens is 1.